The molecule has 0 atom stereocenters. The average molecular weight is 238 g/mol. The van der Waals surface area contributed by atoms with Gasteiger partial charge in [-0.05, 0) is 41.5 Å². The quantitative estimate of drug-likeness (QED) is 0.645. The summed E-state index contributed by atoms with van der Waals surface area (Å²) in [5.74, 6) is 0.339. The van der Waals surface area contributed by atoms with Crippen molar-refractivity contribution in [1.29, 1.82) is 0 Å². The Labute approximate surface area is 105 Å². The van der Waals surface area contributed by atoms with E-state index < -0.39 is 0 Å². The predicted molar refractivity (Wildman–Crippen MR) is 69.8 cm³/mol. The number of likely N-dealkylation sites (tertiary alicyclic amines) is 2. The molecular weight excluding hydrogens is 212 g/mol. The molecular formula is C14H26N2O. The van der Waals surface area contributed by atoms with Crippen molar-refractivity contribution in [3.63, 3.8) is 0 Å². The van der Waals surface area contributed by atoms with Crippen molar-refractivity contribution in [2.24, 2.45) is 5.41 Å². The Morgan fingerprint density at radius 2 is 1.47 bits per heavy atom. The van der Waals surface area contributed by atoms with Gasteiger partial charge < -0.3 is 4.90 Å². The van der Waals surface area contributed by atoms with Crippen LogP contribution in [0.1, 0.15) is 48.0 Å². The first-order valence-corrected chi connectivity index (χ1v) is 6.59. The molecule has 0 saturated carbocycles. The van der Waals surface area contributed by atoms with Crippen LogP contribution in [0.4, 0.5) is 0 Å². The average Bonchev–Trinajstić information content (AvgIpc) is 2.37. The molecule has 0 radical (unpaired) electrons. The first kappa shape index (κ1) is 12.9. The number of nitrogens with zero attached hydrogens (tertiary/aromatic N) is 2. The second-order valence-electron chi connectivity index (χ2n) is 7.85. The first-order valence-electron chi connectivity index (χ1n) is 6.59. The smallest absolute Gasteiger partial charge is 0.223 e. The Bertz CT molecular complexity index is 329. The number of hydrogen-bond donors (Lipinski definition) is 0. The highest BCUT2D eigenvalue weighted by molar-refractivity contribution is 5.80. The van der Waals surface area contributed by atoms with Gasteiger partial charge in [0.1, 0.15) is 0 Å². The third kappa shape index (κ3) is 2.22. The number of carbonyl (C=O) groups is 1. The maximum atomic E-state index is 12.1. The molecule has 2 saturated heterocycles. The minimum Gasteiger partial charge on any atom is -0.337 e. The third-order valence-corrected chi connectivity index (χ3v) is 4.13. The molecule has 1 spiro atoms. The molecule has 2 heterocycles. The molecule has 2 aliphatic rings. The molecule has 0 bridgehead atoms. The first-order chi connectivity index (χ1) is 7.54. The zero-order valence-corrected chi connectivity index (χ0v) is 12.1. The summed E-state index contributed by atoms with van der Waals surface area (Å²) in [5, 5.41) is 0. The normalized spacial score (nSPS) is 25.5. The predicted octanol–water partition coefficient (Wildman–Crippen LogP) is 2.12. The Kier molecular flexibility index (Phi) is 2.63. The maximum Gasteiger partial charge on any atom is 0.223 e. The van der Waals surface area contributed by atoms with Gasteiger partial charge in [0.2, 0.25) is 5.91 Å². The fraction of sp³-hybridized carbons (Fsp3) is 0.929. The van der Waals surface area contributed by atoms with Gasteiger partial charge in [-0.15, -0.1) is 0 Å². The van der Waals surface area contributed by atoms with E-state index in [1.165, 1.54) is 0 Å². The van der Waals surface area contributed by atoms with E-state index in [0.29, 0.717) is 5.91 Å². The lowest BCUT2D eigenvalue weighted by molar-refractivity contribution is -0.131. The lowest BCUT2D eigenvalue weighted by Gasteiger charge is -2.54. The molecule has 0 unspecified atom stereocenters. The summed E-state index contributed by atoms with van der Waals surface area (Å²) in [5.41, 5.74) is 0.462. The molecule has 98 valence electrons. The van der Waals surface area contributed by atoms with Crippen LogP contribution in [-0.2, 0) is 4.79 Å². The van der Waals surface area contributed by atoms with Crippen molar-refractivity contribution < 1.29 is 4.79 Å². The van der Waals surface area contributed by atoms with Gasteiger partial charge in [0.05, 0.1) is 0 Å². The van der Waals surface area contributed by atoms with E-state index in [-0.39, 0.29) is 16.5 Å². The Balaban J connectivity index is 2.03. The van der Waals surface area contributed by atoms with E-state index in [9.17, 15) is 4.79 Å². The second kappa shape index (κ2) is 3.47. The monoisotopic (exact) mass is 238 g/mol. The minimum absolute atomic E-state index is 0.0251. The molecule has 3 heteroatoms. The fourth-order valence-corrected chi connectivity index (χ4v) is 2.96. The summed E-state index contributed by atoms with van der Waals surface area (Å²) in [6.07, 6.45) is 0.747. The van der Waals surface area contributed by atoms with Crippen LogP contribution in [-0.4, -0.2) is 46.4 Å². The number of carbonyl (C=O) groups excluding carboxylic acids is 1. The van der Waals surface area contributed by atoms with Crippen LogP contribution in [0.25, 0.3) is 0 Å². The molecule has 0 aromatic carbocycles. The molecule has 17 heavy (non-hydrogen) atoms. The van der Waals surface area contributed by atoms with Crippen molar-refractivity contribution in [3.8, 4) is 0 Å². The summed E-state index contributed by atoms with van der Waals surface area (Å²) in [6, 6.07) is 0. The van der Waals surface area contributed by atoms with Crippen LogP contribution >= 0.6 is 0 Å². The van der Waals surface area contributed by atoms with Crippen molar-refractivity contribution in [3.05, 3.63) is 0 Å². The number of rotatable bonds is 0. The van der Waals surface area contributed by atoms with Gasteiger partial charge in [-0.2, -0.15) is 0 Å². The molecule has 2 rings (SSSR count). The molecule has 0 aliphatic carbocycles. The molecule has 0 aromatic rings. The van der Waals surface area contributed by atoms with Gasteiger partial charge in [0, 0.05) is 42.5 Å². The summed E-state index contributed by atoms with van der Waals surface area (Å²) in [6.45, 7) is 16.2. The summed E-state index contributed by atoms with van der Waals surface area (Å²) >= 11 is 0. The van der Waals surface area contributed by atoms with Gasteiger partial charge in [0.15, 0.2) is 0 Å². The third-order valence-electron chi connectivity index (χ3n) is 4.13. The highest BCUT2D eigenvalue weighted by atomic mass is 16.2. The molecule has 0 aromatic heterocycles. The van der Waals surface area contributed by atoms with Crippen LogP contribution < -0.4 is 0 Å². The fourth-order valence-electron chi connectivity index (χ4n) is 2.96. The van der Waals surface area contributed by atoms with E-state index in [1.807, 2.05) is 0 Å². The zero-order chi connectivity index (χ0) is 13.1. The van der Waals surface area contributed by atoms with Crippen LogP contribution in [0.15, 0.2) is 0 Å². The zero-order valence-electron chi connectivity index (χ0n) is 12.1. The topological polar surface area (TPSA) is 23.6 Å². The molecule has 2 fully saturated rings. The van der Waals surface area contributed by atoms with Gasteiger partial charge >= 0.3 is 0 Å². The Morgan fingerprint density at radius 3 is 1.82 bits per heavy atom. The maximum absolute atomic E-state index is 12.1. The highest BCUT2D eigenvalue weighted by Crippen LogP contribution is 2.44. The van der Waals surface area contributed by atoms with Gasteiger partial charge in [0.25, 0.3) is 0 Å². The number of amides is 1. The van der Waals surface area contributed by atoms with Crippen LogP contribution in [0.3, 0.4) is 0 Å². The van der Waals surface area contributed by atoms with Gasteiger partial charge in [-0.3, -0.25) is 9.69 Å². The lowest BCUT2D eigenvalue weighted by Crippen LogP contribution is -2.63. The highest BCUT2D eigenvalue weighted by Gasteiger charge is 2.54. The SMILES string of the molecule is CC(C)(C)N1CC2(CC(=O)N(C(C)(C)C)C2)C1. The van der Waals surface area contributed by atoms with Crippen LogP contribution in [0.2, 0.25) is 0 Å². The van der Waals surface area contributed by atoms with E-state index in [2.05, 4.69) is 51.3 Å². The lowest BCUT2D eigenvalue weighted by atomic mass is 9.76. The summed E-state index contributed by atoms with van der Waals surface area (Å²) in [4.78, 5) is 16.6. The molecule has 0 N–H and O–H groups in total. The Hall–Kier alpha value is -0.570. The summed E-state index contributed by atoms with van der Waals surface area (Å²) in [7, 11) is 0. The van der Waals surface area contributed by atoms with E-state index in [1.54, 1.807) is 0 Å². The van der Waals surface area contributed by atoms with E-state index >= 15 is 0 Å². The van der Waals surface area contributed by atoms with Gasteiger partial charge in [-0.1, -0.05) is 0 Å². The summed E-state index contributed by atoms with van der Waals surface area (Å²) < 4.78 is 0. The van der Waals surface area contributed by atoms with Crippen molar-refractivity contribution in [1.82, 2.24) is 9.80 Å². The van der Waals surface area contributed by atoms with Gasteiger partial charge in [-0.25, -0.2) is 0 Å². The van der Waals surface area contributed by atoms with E-state index in [0.717, 1.165) is 26.1 Å². The van der Waals surface area contributed by atoms with Crippen molar-refractivity contribution in [2.75, 3.05) is 19.6 Å². The molecule has 3 nitrogen and oxygen atoms in total. The van der Waals surface area contributed by atoms with Crippen molar-refractivity contribution >= 4 is 5.91 Å². The largest absolute Gasteiger partial charge is 0.337 e. The van der Waals surface area contributed by atoms with Crippen molar-refractivity contribution in [2.45, 2.75) is 59.0 Å². The minimum atomic E-state index is -0.0251. The molecule has 2 aliphatic heterocycles. The number of hydrogen-bond acceptors (Lipinski definition) is 2. The van der Waals surface area contributed by atoms with Crippen LogP contribution in [0.5, 0.6) is 0 Å². The van der Waals surface area contributed by atoms with E-state index in [4.69, 9.17) is 0 Å². The second-order valence-corrected chi connectivity index (χ2v) is 7.85. The molecule has 1 amide bonds. The Morgan fingerprint density at radius 1 is 0.941 bits per heavy atom. The standard InChI is InChI=1S/C14H26N2O/c1-12(2,3)15-8-14(9-15)7-11(17)16(10-14)13(4,5)6/h7-10H2,1-6H3. The van der Waals surface area contributed by atoms with Crippen LogP contribution in [0, 0.1) is 5.41 Å².